The number of thiophene rings is 1. The zero-order valence-electron chi connectivity index (χ0n) is 15.0. The average molecular weight is 377 g/mol. The van der Waals surface area contributed by atoms with E-state index >= 15 is 0 Å². The van der Waals surface area contributed by atoms with Gasteiger partial charge in [0.25, 0.3) is 5.91 Å². The van der Waals surface area contributed by atoms with Crippen molar-refractivity contribution in [2.45, 2.75) is 12.5 Å². The number of nitrogens with two attached hydrogens (primary N) is 1. The van der Waals surface area contributed by atoms with Crippen LogP contribution in [0.2, 0.25) is 0 Å². The number of hydrazone groups is 1. The minimum Gasteiger partial charge on any atom is -0.328 e. The van der Waals surface area contributed by atoms with Crippen LogP contribution in [0.3, 0.4) is 0 Å². The zero-order chi connectivity index (χ0) is 18.5. The van der Waals surface area contributed by atoms with Gasteiger partial charge >= 0.3 is 0 Å². The van der Waals surface area contributed by atoms with Crippen LogP contribution in [0.4, 0.5) is 0 Å². The quantitative estimate of drug-likeness (QED) is 0.706. The first-order chi connectivity index (χ1) is 13.3. The van der Waals surface area contributed by atoms with Gasteiger partial charge in [0.2, 0.25) is 0 Å². The molecule has 0 spiro atoms. The van der Waals surface area contributed by atoms with E-state index in [4.69, 9.17) is 0 Å². The van der Waals surface area contributed by atoms with Crippen LogP contribution in [0.25, 0.3) is 0 Å². The molecule has 2 heterocycles. The molecule has 4 rings (SSSR count). The third-order valence-corrected chi connectivity index (χ3v) is 5.69. The monoisotopic (exact) mass is 376 g/mol. The molecule has 1 aromatic heterocycles. The molecule has 4 nitrogen and oxygen atoms in total. The van der Waals surface area contributed by atoms with Crippen molar-refractivity contribution < 1.29 is 10.1 Å². The zero-order valence-corrected chi connectivity index (χ0v) is 15.8. The van der Waals surface area contributed by atoms with Crippen molar-refractivity contribution >= 4 is 23.0 Å². The first-order valence-corrected chi connectivity index (χ1v) is 10.0. The van der Waals surface area contributed by atoms with Crippen LogP contribution in [-0.4, -0.2) is 29.7 Å². The van der Waals surface area contributed by atoms with Gasteiger partial charge in [0.05, 0.1) is 17.1 Å². The molecule has 2 aromatic carbocycles. The molecule has 1 aliphatic rings. The number of nitrogens with zero attached hydrogens (tertiary/aromatic N) is 2. The van der Waals surface area contributed by atoms with Gasteiger partial charge in [-0.05, 0) is 17.0 Å². The van der Waals surface area contributed by atoms with Gasteiger partial charge in [0, 0.05) is 12.0 Å². The van der Waals surface area contributed by atoms with Crippen molar-refractivity contribution in [3.8, 4) is 0 Å². The van der Waals surface area contributed by atoms with E-state index in [0.717, 1.165) is 17.7 Å². The molecule has 0 bridgehead atoms. The van der Waals surface area contributed by atoms with Gasteiger partial charge in [0.1, 0.15) is 6.04 Å². The first-order valence-electron chi connectivity index (χ1n) is 9.16. The fraction of sp³-hybridized carbons (Fsp3) is 0.182. The summed E-state index contributed by atoms with van der Waals surface area (Å²) in [4.78, 5) is 14.0. The smallest absolute Gasteiger partial charge is 0.297 e. The standard InChI is InChI=1S/C22H21N3OS/c26-21(25-14-13-19(24-25)17-8-3-1-4-9-17)16-23-22(20-12-7-15-27-20)18-10-5-2-6-11-18/h1-12,15,22-23H,13-14,16H2/p+1/t22-/m1/s1. The van der Waals surface area contributed by atoms with Gasteiger partial charge < -0.3 is 5.32 Å². The molecule has 0 fully saturated rings. The first kappa shape index (κ1) is 17.6. The largest absolute Gasteiger partial charge is 0.328 e. The van der Waals surface area contributed by atoms with Gasteiger partial charge in [-0.2, -0.15) is 5.10 Å². The number of quaternary nitrogens is 1. The van der Waals surface area contributed by atoms with E-state index in [2.05, 4.69) is 40.1 Å². The molecular formula is C22H22N3OS+. The van der Waals surface area contributed by atoms with E-state index in [1.807, 2.05) is 48.5 Å². The number of hydrogen-bond acceptors (Lipinski definition) is 3. The van der Waals surface area contributed by atoms with E-state index in [9.17, 15) is 4.79 Å². The second-order valence-corrected chi connectivity index (χ2v) is 7.50. The summed E-state index contributed by atoms with van der Waals surface area (Å²) in [6.07, 6.45) is 0.808. The summed E-state index contributed by atoms with van der Waals surface area (Å²) in [6, 6.07) is 24.7. The van der Waals surface area contributed by atoms with Gasteiger partial charge in [-0.15, -0.1) is 11.3 Å². The lowest BCUT2D eigenvalue weighted by molar-refractivity contribution is -0.676. The van der Waals surface area contributed by atoms with Crippen LogP contribution in [0.1, 0.15) is 28.5 Å². The van der Waals surface area contributed by atoms with Gasteiger partial charge in [-0.25, -0.2) is 5.01 Å². The van der Waals surface area contributed by atoms with E-state index in [1.54, 1.807) is 16.3 Å². The van der Waals surface area contributed by atoms with Crippen LogP contribution < -0.4 is 5.32 Å². The third kappa shape index (κ3) is 4.15. The van der Waals surface area contributed by atoms with E-state index in [-0.39, 0.29) is 11.9 Å². The molecular weight excluding hydrogens is 354 g/mol. The number of carbonyl (C=O) groups is 1. The Hall–Kier alpha value is -2.76. The minimum atomic E-state index is 0.0541. The predicted octanol–water partition coefficient (Wildman–Crippen LogP) is 3.04. The summed E-state index contributed by atoms with van der Waals surface area (Å²) in [6.45, 7) is 1.04. The number of carbonyl (C=O) groups excluding carboxylic acids is 1. The Labute approximate surface area is 163 Å². The minimum absolute atomic E-state index is 0.0541. The van der Waals surface area contributed by atoms with Crippen LogP contribution in [0.5, 0.6) is 0 Å². The molecule has 136 valence electrons. The molecule has 0 saturated carbocycles. The van der Waals surface area contributed by atoms with Crippen molar-refractivity contribution in [1.82, 2.24) is 5.01 Å². The highest BCUT2D eigenvalue weighted by atomic mass is 32.1. The van der Waals surface area contributed by atoms with Crippen molar-refractivity contribution in [2.24, 2.45) is 5.10 Å². The Bertz CT molecular complexity index is 907. The van der Waals surface area contributed by atoms with E-state index < -0.39 is 0 Å². The molecule has 0 radical (unpaired) electrons. The maximum Gasteiger partial charge on any atom is 0.297 e. The van der Waals surface area contributed by atoms with Crippen LogP contribution in [0, 0.1) is 0 Å². The lowest BCUT2D eigenvalue weighted by Crippen LogP contribution is -2.87. The third-order valence-electron chi connectivity index (χ3n) is 4.73. The van der Waals surface area contributed by atoms with Gasteiger partial charge in [0.15, 0.2) is 6.54 Å². The average Bonchev–Trinajstić information content (AvgIpc) is 3.42. The molecule has 2 N–H and O–H groups in total. The Morgan fingerprint density at radius 2 is 1.78 bits per heavy atom. The lowest BCUT2D eigenvalue weighted by Gasteiger charge is -2.16. The number of amides is 1. The number of benzene rings is 2. The second kappa shape index (κ2) is 8.29. The highest BCUT2D eigenvalue weighted by molar-refractivity contribution is 7.10. The molecule has 0 aliphatic carbocycles. The summed E-state index contributed by atoms with van der Waals surface area (Å²) < 4.78 is 0. The molecule has 1 atom stereocenters. The molecule has 1 amide bonds. The van der Waals surface area contributed by atoms with Crippen LogP contribution >= 0.6 is 11.3 Å². The van der Waals surface area contributed by atoms with E-state index in [1.165, 1.54) is 10.4 Å². The molecule has 0 unspecified atom stereocenters. The fourth-order valence-electron chi connectivity index (χ4n) is 3.34. The Kier molecular flexibility index (Phi) is 5.42. The van der Waals surface area contributed by atoms with Crippen molar-refractivity contribution in [3.63, 3.8) is 0 Å². The van der Waals surface area contributed by atoms with Crippen molar-refractivity contribution in [2.75, 3.05) is 13.1 Å². The second-order valence-electron chi connectivity index (χ2n) is 6.52. The summed E-state index contributed by atoms with van der Waals surface area (Å²) >= 11 is 1.72. The summed E-state index contributed by atoms with van der Waals surface area (Å²) in [5.74, 6) is 0.0541. The molecule has 1 aliphatic heterocycles. The number of hydrogen-bond donors (Lipinski definition) is 1. The molecule has 5 heteroatoms. The molecule has 0 saturated heterocycles. The van der Waals surface area contributed by atoms with E-state index in [0.29, 0.717) is 13.1 Å². The normalized spacial score (nSPS) is 14.8. The summed E-state index contributed by atoms with van der Waals surface area (Å²) in [5.41, 5.74) is 3.29. The topological polar surface area (TPSA) is 49.3 Å². The fourth-order valence-corrected chi connectivity index (χ4v) is 4.19. The maximum atomic E-state index is 12.7. The van der Waals surface area contributed by atoms with Crippen molar-refractivity contribution in [3.05, 3.63) is 94.2 Å². The van der Waals surface area contributed by atoms with Gasteiger partial charge in [-0.1, -0.05) is 66.7 Å². The van der Waals surface area contributed by atoms with Crippen LogP contribution in [-0.2, 0) is 4.79 Å². The van der Waals surface area contributed by atoms with Crippen LogP contribution in [0.15, 0.2) is 83.3 Å². The SMILES string of the molecule is O=C(C[NH2+][C@H](c1ccccc1)c1cccs1)N1CCC(c2ccccc2)=N1. The predicted molar refractivity (Wildman–Crippen MR) is 109 cm³/mol. The Morgan fingerprint density at radius 1 is 1.04 bits per heavy atom. The lowest BCUT2D eigenvalue weighted by atomic mass is 10.1. The Morgan fingerprint density at radius 3 is 2.48 bits per heavy atom. The highest BCUT2D eigenvalue weighted by Crippen LogP contribution is 2.22. The molecule has 3 aromatic rings. The number of rotatable bonds is 6. The summed E-state index contributed by atoms with van der Waals surface area (Å²) in [7, 11) is 0. The van der Waals surface area contributed by atoms with Gasteiger partial charge in [-0.3, -0.25) is 4.79 Å². The highest BCUT2D eigenvalue weighted by Gasteiger charge is 2.25. The molecule has 27 heavy (non-hydrogen) atoms. The summed E-state index contributed by atoms with van der Waals surface area (Å²) in [5, 5.41) is 10.4. The maximum absolute atomic E-state index is 12.7. The Balaban J connectivity index is 1.44. The van der Waals surface area contributed by atoms with Crippen molar-refractivity contribution in [1.29, 1.82) is 0 Å².